The molecule has 2 amide bonds. The largest absolute Gasteiger partial charge is 0.368 e. The van der Waals surface area contributed by atoms with Crippen molar-refractivity contribution in [3.05, 3.63) is 57.0 Å². The Kier molecular flexibility index (Phi) is 7.51. The van der Waals surface area contributed by atoms with E-state index in [4.69, 9.17) is 28.9 Å². The average molecular weight is 539 g/mol. The van der Waals surface area contributed by atoms with Crippen molar-refractivity contribution in [1.82, 2.24) is 9.88 Å². The van der Waals surface area contributed by atoms with E-state index in [1.807, 2.05) is 42.5 Å². The molecule has 170 valence electrons. The van der Waals surface area contributed by atoms with Crippen LogP contribution in [-0.2, 0) is 0 Å². The molecule has 0 atom stereocenters. The molecule has 0 saturated carbocycles. The van der Waals surface area contributed by atoms with Gasteiger partial charge in [0.25, 0.3) is 0 Å². The first-order chi connectivity index (χ1) is 15.4. The number of hydrogen-bond acceptors (Lipinski definition) is 3. The maximum absolute atomic E-state index is 12.0. The molecule has 6 nitrogen and oxygen atoms in total. The summed E-state index contributed by atoms with van der Waals surface area (Å²) >= 11 is 16.0. The van der Waals surface area contributed by atoms with Gasteiger partial charge in [0.05, 0.1) is 15.7 Å². The van der Waals surface area contributed by atoms with E-state index in [1.165, 1.54) is 0 Å². The second kappa shape index (κ2) is 10.3. The number of halogens is 3. The summed E-state index contributed by atoms with van der Waals surface area (Å²) in [4.78, 5) is 21.7. The van der Waals surface area contributed by atoms with Crippen molar-refractivity contribution in [2.75, 3.05) is 49.1 Å². The van der Waals surface area contributed by atoms with Crippen LogP contribution >= 0.6 is 39.1 Å². The Bertz CT molecular complexity index is 1100. The first-order valence-electron chi connectivity index (χ1n) is 10.7. The Morgan fingerprint density at radius 1 is 1.09 bits per heavy atom. The Morgan fingerprint density at radius 2 is 1.88 bits per heavy atom. The minimum Gasteiger partial charge on any atom is -0.368 e. The average Bonchev–Trinajstić information content (AvgIpc) is 3.18. The van der Waals surface area contributed by atoms with E-state index in [0.717, 1.165) is 72.4 Å². The molecule has 0 radical (unpaired) electrons. The lowest BCUT2D eigenvalue weighted by Crippen LogP contribution is -2.46. The number of urea groups is 1. The third-order valence-electron chi connectivity index (χ3n) is 5.88. The topological polar surface area (TPSA) is 68.6 Å². The molecular formula is C23H26BrCl2N5O. The summed E-state index contributed by atoms with van der Waals surface area (Å²) < 4.78 is 0.999. The van der Waals surface area contributed by atoms with Crippen LogP contribution in [0.15, 0.2) is 46.9 Å². The summed E-state index contributed by atoms with van der Waals surface area (Å²) in [5, 5.41) is 2.25. The number of anilines is 2. The van der Waals surface area contributed by atoms with Gasteiger partial charge in [-0.05, 0) is 55.8 Å². The van der Waals surface area contributed by atoms with Crippen molar-refractivity contribution in [2.45, 2.75) is 12.8 Å². The van der Waals surface area contributed by atoms with Gasteiger partial charge in [-0.3, -0.25) is 9.80 Å². The lowest BCUT2D eigenvalue weighted by Gasteiger charge is -2.36. The molecule has 2 aromatic carbocycles. The van der Waals surface area contributed by atoms with Crippen LogP contribution in [0.4, 0.5) is 16.3 Å². The standard InChI is InChI=1S/C23H26BrCl2N5O/c24-17-6-7-19-16(14-17)15-21(28-19)31(23(27)32)9-2-1-8-29-10-12-30(13-11-29)20-5-3-4-18(25)22(20)26/h3-7,14-15,28H,1-2,8-13H2,(H2,27,32). The molecular weight excluding hydrogens is 513 g/mol. The summed E-state index contributed by atoms with van der Waals surface area (Å²) in [5.41, 5.74) is 7.64. The summed E-state index contributed by atoms with van der Waals surface area (Å²) in [6.45, 7) is 5.35. The maximum atomic E-state index is 12.0. The maximum Gasteiger partial charge on any atom is 0.320 e. The van der Waals surface area contributed by atoms with Crippen LogP contribution in [0, 0.1) is 0 Å². The van der Waals surface area contributed by atoms with Gasteiger partial charge in [0, 0.05) is 48.1 Å². The first kappa shape index (κ1) is 23.2. The van der Waals surface area contributed by atoms with Crippen LogP contribution in [0.5, 0.6) is 0 Å². The van der Waals surface area contributed by atoms with Crippen molar-refractivity contribution in [1.29, 1.82) is 0 Å². The lowest BCUT2D eigenvalue weighted by molar-refractivity contribution is 0.249. The highest BCUT2D eigenvalue weighted by atomic mass is 79.9. The number of H-pyrrole nitrogens is 1. The molecule has 4 rings (SSSR count). The molecule has 9 heteroatoms. The minimum absolute atomic E-state index is 0.442. The third kappa shape index (κ3) is 5.34. The fourth-order valence-corrected chi connectivity index (χ4v) is 4.93. The summed E-state index contributed by atoms with van der Waals surface area (Å²) in [6.07, 6.45) is 1.87. The number of rotatable bonds is 7. The van der Waals surface area contributed by atoms with Crippen LogP contribution in [-0.4, -0.2) is 55.2 Å². The zero-order valence-electron chi connectivity index (χ0n) is 17.7. The van der Waals surface area contributed by atoms with Crippen molar-refractivity contribution in [3.63, 3.8) is 0 Å². The van der Waals surface area contributed by atoms with Crippen LogP contribution in [0.25, 0.3) is 10.9 Å². The number of nitrogens with zero attached hydrogens (tertiary/aromatic N) is 3. The van der Waals surface area contributed by atoms with Crippen molar-refractivity contribution < 1.29 is 4.79 Å². The van der Waals surface area contributed by atoms with Gasteiger partial charge in [0.2, 0.25) is 0 Å². The molecule has 0 unspecified atom stereocenters. The molecule has 1 aliphatic heterocycles. The zero-order chi connectivity index (χ0) is 22.7. The molecule has 1 aliphatic rings. The monoisotopic (exact) mass is 537 g/mol. The number of hydrogen-bond donors (Lipinski definition) is 2. The van der Waals surface area contributed by atoms with E-state index in [2.05, 4.69) is 30.7 Å². The Labute approximate surface area is 206 Å². The number of benzene rings is 2. The van der Waals surface area contributed by atoms with Gasteiger partial charge >= 0.3 is 6.03 Å². The fourth-order valence-electron chi connectivity index (χ4n) is 4.14. The zero-order valence-corrected chi connectivity index (χ0v) is 20.8. The highest BCUT2D eigenvalue weighted by Gasteiger charge is 2.20. The van der Waals surface area contributed by atoms with Gasteiger partial charge in [-0.2, -0.15) is 0 Å². The van der Waals surface area contributed by atoms with Crippen LogP contribution in [0.1, 0.15) is 12.8 Å². The number of amides is 2. The molecule has 1 fully saturated rings. The Balaban J connectivity index is 1.26. The van der Waals surface area contributed by atoms with E-state index in [9.17, 15) is 4.79 Å². The number of primary amides is 1. The normalized spacial score (nSPS) is 14.8. The number of nitrogens with two attached hydrogens (primary N) is 1. The van der Waals surface area contributed by atoms with Crippen molar-refractivity contribution in [2.24, 2.45) is 5.73 Å². The van der Waals surface area contributed by atoms with Gasteiger partial charge in [0.15, 0.2) is 0 Å². The molecule has 3 aromatic rings. The van der Waals surface area contributed by atoms with E-state index >= 15 is 0 Å². The second-order valence-corrected chi connectivity index (χ2v) is 9.69. The number of unbranched alkanes of at least 4 members (excludes halogenated alkanes) is 1. The van der Waals surface area contributed by atoms with Gasteiger partial charge < -0.3 is 15.6 Å². The number of aromatic nitrogens is 1. The molecule has 0 spiro atoms. The van der Waals surface area contributed by atoms with Crippen LogP contribution in [0.3, 0.4) is 0 Å². The van der Waals surface area contributed by atoms with Gasteiger partial charge in [0.1, 0.15) is 5.82 Å². The van der Waals surface area contributed by atoms with Gasteiger partial charge in [-0.15, -0.1) is 0 Å². The summed E-state index contributed by atoms with van der Waals surface area (Å²) in [6, 6.07) is 13.3. The Hall–Kier alpha value is -1.93. The smallest absolute Gasteiger partial charge is 0.320 e. The van der Waals surface area contributed by atoms with E-state index < -0.39 is 6.03 Å². The quantitative estimate of drug-likeness (QED) is 0.378. The van der Waals surface area contributed by atoms with Gasteiger partial charge in [-0.25, -0.2) is 4.79 Å². The van der Waals surface area contributed by atoms with Crippen molar-refractivity contribution >= 4 is 67.6 Å². The molecule has 0 bridgehead atoms. The predicted octanol–water partition coefficient (Wildman–Crippen LogP) is 5.72. The SMILES string of the molecule is NC(=O)N(CCCCN1CCN(c2cccc(Cl)c2Cl)CC1)c1cc2cc(Br)ccc2[nH]1. The Morgan fingerprint density at radius 3 is 2.62 bits per heavy atom. The van der Waals surface area contributed by atoms with Crippen LogP contribution in [0.2, 0.25) is 10.0 Å². The summed E-state index contributed by atoms with van der Waals surface area (Å²) in [5.74, 6) is 0.734. The van der Waals surface area contributed by atoms with Gasteiger partial charge in [-0.1, -0.05) is 45.2 Å². The van der Waals surface area contributed by atoms with E-state index in [0.29, 0.717) is 16.6 Å². The fraction of sp³-hybridized carbons (Fsp3) is 0.348. The molecule has 1 aromatic heterocycles. The number of nitrogens with one attached hydrogen (secondary N) is 1. The highest BCUT2D eigenvalue weighted by molar-refractivity contribution is 9.10. The molecule has 32 heavy (non-hydrogen) atoms. The van der Waals surface area contributed by atoms with Crippen molar-refractivity contribution in [3.8, 4) is 0 Å². The molecule has 0 aliphatic carbocycles. The first-order valence-corrected chi connectivity index (χ1v) is 12.2. The number of aromatic amines is 1. The minimum atomic E-state index is -0.442. The molecule has 2 heterocycles. The highest BCUT2D eigenvalue weighted by Crippen LogP contribution is 2.33. The van der Waals surface area contributed by atoms with E-state index in [-0.39, 0.29) is 0 Å². The number of piperazine rings is 1. The van der Waals surface area contributed by atoms with Crippen LogP contribution < -0.4 is 15.5 Å². The number of carbonyl (C=O) groups is 1. The summed E-state index contributed by atoms with van der Waals surface area (Å²) in [7, 11) is 0. The number of carbonyl (C=O) groups excluding carboxylic acids is 1. The molecule has 1 saturated heterocycles. The third-order valence-corrected chi connectivity index (χ3v) is 7.18. The lowest BCUT2D eigenvalue weighted by atomic mass is 10.2. The second-order valence-electron chi connectivity index (χ2n) is 7.98. The van der Waals surface area contributed by atoms with E-state index in [1.54, 1.807) is 4.90 Å². The molecule has 3 N–H and O–H groups in total. The predicted molar refractivity (Wildman–Crippen MR) is 137 cm³/mol. The number of fused-ring (bicyclic) bond motifs is 1.